The molecule has 21 heavy (non-hydrogen) atoms. The largest absolute Gasteiger partial charge is 0.345 e. The van der Waals surface area contributed by atoms with Crippen molar-refractivity contribution in [2.75, 3.05) is 0 Å². The number of carbonyl (C=O) groups excluding carboxylic acids is 2. The van der Waals surface area contributed by atoms with E-state index in [2.05, 4.69) is 26.8 Å². The van der Waals surface area contributed by atoms with Crippen molar-refractivity contribution in [3.63, 3.8) is 0 Å². The van der Waals surface area contributed by atoms with Gasteiger partial charge < -0.3 is 4.57 Å². The number of aromatic nitrogens is 1. The van der Waals surface area contributed by atoms with Crippen molar-refractivity contribution in [2.45, 2.75) is 0 Å². The van der Waals surface area contributed by atoms with Gasteiger partial charge in [0, 0.05) is 23.3 Å². The minimum absolute atomic E-state index is 0.294. The van der Waals surface area contributed by atoms with E-state index >= 15 is 0 Å². The minimum Gasteiger partial charge on any atom is -0.345 e. The molecule has 2 amide bonds. The summed E-state index contributed by atoms with van der Waals surface area (Å²) in [5.74, 6) is -0.929. The molecule has 0 saturated carbocycles. The van der Waals surface area contributed by atoms with Gasteiger partial charge in [-0.1, -0.05) is 6.07 Å². The van der Waals surface area contributed by atoms with Crippen molar-refractivity contribution in [2.24, 2.45) is 7.05 Å². The van der Waals surface area contributed by atoms with E-state index in [1.807, 2.05) is 6.07 Å². The van der Waals surface area contributed by atoms with Crippen molar-refractivity contribution in [1.82, 2.24) is 15.4 Å². The van der Waals surface area contributed by atoms with E-state index in [1.54, 1.807) is 42.1 Å². The number of halogens is 1. The summed E-state index contributed by atoms with van der Waals surface area (Å²) in [6, 6.07) is 9.78. The number of aryl methyl sites for hydroxylation is 1. The maximum Gasteiger partial charge on any atom is 0.286 e. The number of nitriles is 1. The van der Waals surface area contributed by atoms with Crippen LogP contribution >= 0.6 is 15.9 Å². The molecule has 0 fully saturated rings. The molecule has 1 aromatic carbocycles. The lowest BCUT2D eigenvalue weighted by Crippen LogP contribution is -2.42. The molecule has 0 aliphatic carbocycles. The van der Waals surface area contributed by atoms with Gasteiger partial charge >= 0.3 is 0 Å². The van der Waals surface area contributed by atoms with Crippen molar-refractivity contribution in [3.05, 3.63) is 57.8 Å². The summed E-state index contributed by atoms with van der Waals surface area (Å²) in [6.45, 7) is 0. The van der Waals surface area contributed by atoms with Crippen LogP contribution in [0.3, 0.4) is 0 Å². The van der Waals surface area contributed by atoms with Gasteiger partial charge in [-0.15, -0.1) is 0 Å². The van der Waals surface area contributed by atoms with Crippen LogP contribution in [0.1, 0.15) is 26.4 Å². The fourth-order valence-electron chi connectivity index (χ4n) is 1.73. The van der Waals surface area contributed by atoms with Gasteiger partial charge in [-0.25, -0.2) is 0 Å². The Kier molecular flexibility index (Phi) is 4.40. The predicted molar refractivity (Wildman–Crippen MR) is 79.2 cm³/mol. The first-order valence-electron chi connectivity index (χ1n) is 5.94. The molecule has 0 aliphatic rings. The third kappa shape index (κ3) is 3.49. The monoisotopic (exact) mass is 346 g/mol. The van der Waals surface area contributed by atoms with Crippen LogP contribution in [-0.2, 0) is 7.05 Å². The second-order valence-corrected chi connectivity index (χ2v) is 5.17. The van der Waals surface area contributed by atoms with E-state index in [1.165, 1.54) is 6.07 Å². The van der Waals surface area contributed by atoms with Crippen LogP contribution in [0.15, 0.2) is 41.0 Å². The zero-order valence-corrected chi connectivity index (χ0v) is 12.6. The molecular formula is C14H11BrN4O2. The van der Waals surface area contributed by atoms with Crippen LogP contribution in [0.5, 0.6) is 0 Å². The Morgan fingerprint density at radius 3 is 2.57 bits per heavy atom. The topological polar surface area (TPSA) is 86.9 Å². The number of nitrogens with zero attached hydrogens (tertiary/aromatic N) is 2. The van der Waals surface area contributed by atoms with E-state index in [4.69, 9.17) is 5.26 Å². The number of rotatable bonds is 2. The molecule has 2 N–H and O–H groups in total. The summed E-state index contributed by atoms with van der Waals surface area (Å²) in [5, 5.41) is 8.78. The zero-order chi connectivity index (χ0) is 15.4. The van der Waals surface area contributed by atoms with Gasteiger partial charge in [0.2, 0.25) is 0 Å². The van der Waals surface area contributed by atoms with Crippen LogP contribution in [0.25, 0.3) is 0 Å². The molecule has 6 nitrogen and oxygen atoms in total. The molecule has 2 rings (SSSR count). The molecule has 0 bridgehead atoms. The number of benzene rings is 1. The van der Waals surface area contributed by atoms with Crippen molar-refractivity contribution < 1.29 is 9.59 Å². The van der Waals surface area contributed by atoms with Gasteiger partial charge in [0.25, 0.3) is 11.8 Å². The van der Waals surface area contributed by atoms with Crippen molar-refractivity contribution >= 4 is 27.7 Å². The molecule has 0 atom stereocenters. The first-order valence-corrected chi connectivity index (χ1v) is 6.73. The van der Waals surface area contributed by atoms with Crippen LogP contribution in [0.2, 0.25) is 0 Å². The first-order chi connectivity index (χ1) is 10.0. The Morgan fingerprint density at radius 1 is 1.24 bits per heavy atom. The Labute approximate surface area is 129 Å². The Balaban J connectivity index is 2.02. The second-order valence-electron chi connectivity index (χ2n) is 4.26. The van der Waals surface area contributed by atoms with Gasteiger partial charge in [0.05, 0.1) is 11.6 Å². The van der Waals surface area contributed by atoms with Crippen LogP contribution in [-0.4, -0.2) is 16.4 Å². The first kappa shape index (κ1) is 14.8. The normalized spacial score (nSPS) is 9.76. The fourth-order valence-corrected chi connectivity index (χ4v) is 2.25. The number of nitrogens with one attached hydrogen (secondary N) is 2. The third-order valence-corrected chi connectivity index (χ3v) is 3.18. The Bertz CT molecular complexity index is 746. The summed E-state index contributed by atoms with van der Waals surface area (Å²) in [5.41, 5.74) is 5.70. The van der Waals surface area contributed by atoms with E-state index < -0.39 is 11.8 Å². The SMILES string of the molecule is Cn1cc(Br)cc1C(=O)NNC(=O)c1cccc(C#N)c1. The zero-order valence-electron chi connectivity index (χ0n) is 11.1. The molecule has 0 aliphatic heterocycles. The van der Waals surface area contributed by atoms with Crippen LogP contribution in [0.4, 0.5) is 0 Å². The molecule has 0 spiro atoms. The number of amides is 2. The third-order valence-electron chi connectivity index (χ3n) is 2.75. The molecule has 1 heterocycles. The lowest BCUT2D eigenvalue weighted by molar-refractivity contribution is 0.0842. The summed E-state index contributed by atoms with van der Waals surface area (Å²) in [4.78, 5) is 23.8. The Hall–Kier alpha value is -2.59. The molecule has 1 aromatic heterocycles. The van der Waals surface area contributed by atoms with Gasteiger partial charge in [-0.3, -0.25) is 20.4 Å². The molecule has 7 heteroatoms. The van der Waals surface area contributed by atoms with E-state index in [9.17, 15) is 9.59 Å². The van der Waals surface area contributed by atoms with Crippen LogP contribution < -0.4 is 10.9 Å². The highest BCUT2D eigenvalue weighted by Gasteiger charge is 2.12. The highest BCUT2D eigenvalue weighted by molar-refractivity contribution is 9.10. The molecule has 0 saturated heterocycles. The standard InChI is InChI=1S/C14H11BrN4O2/c1-19-8-11(15)6-12(19)14(21)18-17-13(20)10-4-2-3-9(5-10)7-16/h2-6,8H,1H3,(H,17,20)(H,18,21). The maximum atomic E-state index is 11.9. The lowest BCUT2D eigenvalue weighted by atomic mass is 10.1. The molecule has 2 aromatic rings. The fraction of sp³-hybridized carbons (Fsp3) is 0.0714. The number of carbonyl (C=O) groups is 2. The second kappa shape index (κ2) is 6.24. The quantitative estimate of drug-likeness (QED) is 0.812. The summed E-state index contributed by atoms with van der Waals surface area (Å²) < 4.78 is 2.39. The molecule has 0 unspecified atom stereocenters. The highest BCUT2D eigenvalue weighted by Crippen LogP contribution is 2.13. The number of hydrazine groups is 1. The van der Waals surface area contributed by atoms with Gasteiger partial charge in [0.1, 0.15) is 5.69 Å². The average molecular weight is 347 g/mol. The van der Waals surface area contributed by atoms with Gasteiger partial charge in [0.15, 0.2) is 0 Å². The summed E-state index contributed by atoms with van der Waals surface area (Å²) >= 11 is 3.27. The van der Waals surface area contributed by atoms with E-state index in [-0.39, 0.29) is 0 Å². The van der Waals surface area contributed by atoms with Crippen molar-refractivity contribution in [3.8, 4) is 6.07 Å². The highest BCUT2D eigenvalue weighted by atomic mass is 79.9. The summed E-state index contributed by atoms with van der Waals surface area (Å²) in [7, 11) is 1.72. The van der Waals surface area contributed by atoms with Crippen LogP contribution in [0, 0.1) is 11.3 Å². The van der Waals surface area contributed by atoms with Gasteiger partial charge in [-0.05, 0) is 40.2 Å². The van der Waals surface area contributed by atoms with Crippen molar-refractivity contribution in [1.29, 1.82) is 5.26 Å². The summed E-state index contributed by atoms with van der Waals surface area (Å²) in [6.07, 6.45) is 1.73. The number of hydrogen-bond donors (Lipinski definition) is 2. The lowest BCUT2D eigenvalue weighted by Gasteiger charge is -2.08. The maximum absolute atomic E-state index is 11.9. The average Bonchev–Trinajstić information content (AvgIpc) is 2.83. The molecule has 0 radical (unpaired) electrons. The Morgan fingerprint density at radius 2 is 1.95 bits per heavy atom. The smallest absolute Gasteiger partial charge is 0.286 e. The van der Waals surface area contributed by atoms with Gasteiger partial charge in [-0.2, -0.15) is 5.26 Å². The predicted octanol–water partition coefficient (Wildman–Crippen LogP) is 1.73. The van der Waals surface area contributed by atoms with E-state index in [0.29, 0.717) is 16.8 Å². The number of hydrogen-bond acceptors (Lipinski definition) is 3. The minimum atomic E-state index is -0.492. The molecule has 106 valence electrons. The van der Waals surface area contributed by atoms with E-state index in [0.717, 1.165) is 4.47 Å². The molecular weight excluding hydrogens is 336 g/mol.